The molecule has 5 nitrogen and oxygen atoms in total. The summed E-state index contributed by atoms with van der Waals surface area (Å²) in [5, 5.41) is 0. The van der Waals surface area contributed by atoms with Crippen molar-refractivity contribution in [3.63, 3.8) is 0 Å². The first-order valence-corrected chi connectivity index (χ1v) is 4.43. The Labute approximate surface area is 61.8 Å². The van der Waals surface area contributed by atoms with Gasteiger partial charge in [0.25, 0.3) is 0 Å². The SMILES string of the molecule is C[N+](C)(C)C.NP(N)(=O)[O-]. The van der Waals surface area contributed by atoms with Gasteiger partial charge in [0.05, 0.1) is 28.2 Å². The fraction of sp³-hybridized carbons (Fsp3) is 1.00. The number of hydrogen-bond acceptors (Lipinski definition) is 2. The maximum Gasteiger partial charge on any atom is 0.138 e. The lowest BCUT2D eigenvalue weighted by Gasteiger charge is -2.14. The van der Waals surface area contributed by atoms with Crippen LogP contribution in [0.2, 0.25) is 0 Å². The summed E-state index contributed by atoms with van der Waals surface area (Å²) in [7, 11) is 4.61. The van der Waals surface area contributed by atoms with Gasteiger partial charge in [-0.1, -0.05) is 0 Å². The smallest absolute Gasteiger partial charge is 0.138 e. The molecule has 4 N–H and O–H groups in total. The zero-order chi connectivity index (χ0) is 9.00. The highest BCUT2D eigenvalue weighted by molar-refractivity contribution is 7.51. The minimum atomic E-state index is -3.89. The summed E-state index contributed by atoms with van der Waals surface area (Å²) >= 11 is 0. The van der Waals surface area contributed by atoms with Crippen molar-refractivity contribution in [2.45, 2.75) is 0 Å². The van der Waals surface area contributed by atoms with Gasteiger partial charge in [0.15, 0.2) is 0 Å². The van der Waals surface area contributed by atoms with Crippen LogP contribution < -0.4 is 15.9 Å². The predicted molar refractivity (Wildman–Crippen MR) is 39.9 cm³/mol. The highest BCUT2D eigenvalue weighted by atomic mass is 31.2. The Kier molecular flexibility index (Phi) is 5.16. The molecular formula is C4H16N3O2P. The lowest BCUT2D eigenvalue weighted by molar-refractivity contribution is -0.849. The minimum Gasteiger partial charge on any atom is -0.776 e. The zero-order valence-corrected chi connectivity index (χ0v) is 7.76. The maximum absolute atomic E-state index is 9.22. The molecule has 0 heterocycles. The molecule has 0 aliphatic carbocycles. The van der Waals surface area contributed by atoms with Crippen molar-refractivity contribution in [3.05, 3.63) is 0 Å². The van der Waals surface area contributed by atoms with Gasteiger partial charge in [-0.3, -0.25) is 11.0 Å². The van der Waals surface area contributed by atoms with Gasteiger partial charge in [0.1, 0.15) is 7.67 Å². The van der Waals surface area contributed by atoms with Crippen LogP contribution in [0.4, 0.5) is 0 Å². The first-order chi connectivity index (χ1) is 4.00. The Balaban J connectivity index is 0. The van der Waals surface area contributed by atoms with E-state index in [0.29, 0.717) is 0 Å². The van der Waals surface area contributed by atoms with Crippen LogP contribution in [0.5, 0.6) is 0 Å². The molecule has 0 amide bonds. The molecular weight excluding hydrogens is 153 g/mol. The van der Waals surface area contributed by atoms with Crippen LogP contribution >= 0.6 is 7.67 Å². The second kappa shape index (κ2) is 4.05. The fourth-order valence-corrected chi connectivity index (χ4v) is 0. The van der Waals surface area contributed by atoms with E-state index in [0.717, 1.165) is 4.48 Å². The van der Waals surface area contributed by atoms with Gasteiger partial charge in [0, 0.05) is 0 Å². The van der Waals surface area contributed by atoms with Crippen molar-refractivity contribution < 1.29 is 13.9 Å². The number of nitrogens with two attached hydrogens (primary N) is 2. The van der Waals surface area contributed by atoms with E-state index < -0.39 is 7.67 Å². The van der Waals surface area contributed by atoms with Crippen LogP contribution in [0.15, 0.2) is 0 Å². The molecule has 0 rings (SSSR count). The Hall–Kier alpha value is 0.0700. The highest BCUT2D eigenvalue weighted by Crippen LogP contribution is 2.05. The first-order valence-electron chi connectivity index (χ1n) is 2.67. The van der Waals surface area contributed by atoms with Gasteiger partial charge in [-0.05, 0) is 0 Å². The van der Waals surface area contributed by atoms with Crippen LogP contribution in [-0.4, -0.2) is 32.7 Å². The first kappa shape index (κ1) is 12.7. The molecule has 0 aromatic heterocycles. The average molecular weight is 169 g/mol. The number of quaternary nitrogens is 1. The van der Waals surface area contributed by atoms with Crippen molar-refractivity contribution >= 4 is 7.67 Å². The maximum atomic E-state index is 9.22. The van der Waals surface area contributed by atoms with Crippen molar-refractivity contribution in [3.8, 4) is 0 Å². The topological polar surface area (TPSA) is 92.2 Å². The van der Waals surface area contributed by atoms with Gasteiger partial charge in [-0.25, -0.2) is 0 Å². The second-order valence-corrected chi connectivity index (χ2v) is 4.62. The Morgan fingerprint density at radius 1 is 1.20 bits per heavy atom. The summed E-state index contributed by atoms with van der Waals surface area (Å²) in [5.74, 6) is 0. The van der Waals surface area contributed by atoms with Crippen molar-refractivity contribution in [2.75, 3.05) is 28.2 Å². The summed E-state index contributed by atoms with van der Waals surface area (Å²) in [4.78, 5) is 9.22. The standard InChI is InChI=1S/C4H12N.H5N2O2P/c2*1-5(2,3)4/h1-4H3;(H5,1,2,3,4)/q+1;/p-1. The molecule has 0 saturated carbocycles. The van der Waals surface area contributed by atoms with Gasteiger partial charge >= 0.3 is 0 Å². The summed E-state index contributed by atoms with van der Waals surface area (Å²) < 4.78 is 10.2. The third-order valence-electron chi connectivity index (χ3n) is 0. The molecule has 0 atom stereocenters. The highest BCUT2D eigenvalue weighted by Gasteiger charge is 1.88. The fourth-order valence-electron chi connectivity index (χ4n) is 0. The van der Waals surface area contributed by atoms with Crippen LogP contribution in [0.25, 0.3) is 0 Å². The van der Waals surface area contributed by atoms with E-state index in [4.69, 9.17) is 0 Å². The molecule has 6 heteroatoms. The quantitative estimate of drug-likeness (QED) is 0.348. The van der Waals surface area contributed by atoms with Gasteiger partial charge in [0.2, 0.25) is 0 Å². The molecule has 0 fully saturated rings. The monoisotopic (exact) mass is 169 g/mol. The van der Waals surface area contributed by atoms with Gasteiger partial charge in [-0.2, -0.15) is 0 Å². The molecule has 0 aliphatic heterocycles. The Morgan fingerprint density at radius 3 is 1.20 bits per heavy atom. The number of nitrogens with zero attached hydrogens (tertiary/aromatic N) is 1. The van der Waals surface area contributed by atoms with Crippen LogP contribution in [0.1, 0.15) is 0 Å². The molecule has 0 aromatic carbocycles. The molecule has 0 unspecified atom stereocenters. The van der Waals surface area contributed by atoms with Crippen molar-refractivity contribution in [1.29, 1.82) is 0 Å². The van der Waals surface area contributed by atoms with Crippen molar-refractivity contribution in [1.82, 2.24) is 0 Å². The van der Waals surface area contributed by atoms with E-state index in [2.05, 4.69) is 39.2 Å². The van der Waals surface area contributed by atoms with E-state index in [1.54, 1.807) is 0 Å². The van der Waals surface area contributed by atoms with E-state index in [9.17, 15) is 9.46 Å². The van der Waals surface area contributed by atoms with E-state index >= 15 is 0 Å². The Bertz CT molecular complexity index is 111. The van der Waals surface area contributed by atoms with Crippen LogP contribution in [-0.2, 0) is 4.57 Å². The van der Waals surface area contributed by atoms with Crippen LogP contribution in [0.3, 0.4) is 0 Å². The molecule has 10 heavy (non-hydrogen) atoms. The zero-order valence-electron chi connectivity index (χ0n) is 6.87. The van der Waals surface area contributed by atoms with Gasteiger partial charge < -0.3 is 13.9 Å². The molecule has 0 saturated heterocycles. The number of rotatable bonds is 0. The molecule has 0 spiro atoms. The van der Waals surface area contributed by atoms with E-state index in [1.165, 1.54) is 0 Å². The average Bonchev–Trinajstić information content (AvgIpc) is 1.12. The predicted octanol–water partition coefficient (Wildman–Crippen LogP) is -1.31. The summed E-state index contributed by atoms with van der Waals surface area (Å²) in [6.45, 7) is 0. The second-order valence-electron chi connectivity index (χ2n) is 3.33. The third kappa shape index (κ3) is 82300. The third-order valence-corrected chi connectivity index (χ3v) is 0. The summed E-state index contributed by atoms with van der Waals surface area (Å²) in [6.07, 6.45) is 0. The Morgan fingerprint density at radius 2 is 1.20 bits per heavy atom. The molecule has 0 aromatic rings. The van der Waals surface area contributed by atoms with Crippen molar-refractivity contribution in [2.24, 2.45) is 11.0 Å². The molecule has 0 radical (unpaired) electrons. The summed E-state index contributed by atoms with van der Waals surface area (Å²) in [5.41, 5.74) is 8.26. The van der Waals surface area contributed by atoms with Gasteiger partial charge in [-0.15, -0.1) is 0 Å². The van der Waals surface area contributed by atoms with Crippen LogP contribution in [0, 0.1) is 0 Å². The molecule has 0 aliphatic rings. The molecule has 0 bridgehead atoms. The lowest BCUT2D eigenvalue weighted by Crippen LogP contribution is -2.27. The lowest BCUT2D eigenvalue weighted by atomic mass is 10.8. The normalized spacial score (nSPS) is 11.9. The van der Waals surface area contributed by atoms with E-state index in [1.807, 2.05) is 0 Å². The minimum absolute atomic E-state index is 1.00. The molecule has 64 valence electrons. The van der Waals surface area contributed by atoms with E-state index in [-0.39, 0.29) is 0 Å². The summed E-state index contributed by atoms with van der Waals surface area (Å²) in [6, 6.07) is 0. The number of hydrogen-bond donors (Lipinski definition) is 2. The largest absolute Gasteiger partial charge is 0.776 e.